The van der Waals surface area contributed by atoms with E-state index in [-0.39, 0.29) is 29.7 Å². The van der Waals surface area contributed by atoms with Gasteiger partial charge in [-0.15, -0.1) is 0 Å². The van der Waals surface area contributed by atoms with Crippen LogP contribution in [0.4, 0.5) is 11.5 Å². The van der Waals surface area contributed by atoms with Crippen LogP contribution in [-0.4, -0.2) is 40.7 Å². The van der Waals surface area contributed by atoms with Gasteiger partial charge in [0.1, 0.15) is 5.69 Å². The number of nitrogens with zero attached hydrogens (tertiary/aromatic N) is 3. The van der Waals surface area contributed by atoms with Crippen LogP contribution in [0, 0.1) is 18.8 Å². The average molecular weight is 412 g/mol. The fourth-order valence-electron chi connectivity index (χ4n) is 3.73. The summed E-state index contributed by atoms with van der Waals surface area (Å²) in [6.07, 6.45) is 1.55. The van der Waals surface area contributed by atoms with Gasteiger partial charge in [-0.05, 0) is 45.7 Å². The Morgan fingerprint density at radius 2 is 1.70 bits per heavy atom. The van der Waals surface area contributed by atoms with Crippen molar-refractivity contribution in [2.24, 2.45) is 11.8 Å². The number of hydrogen-bond donors (Lipinski definition) is 2. The maximum atomic E-state index is 12.5. The highest BCUT2D eigenvalue weighted by molar-refractivity contribution is 5.96. The molecule has 7 nitrogen and oxygen atoms in total. The molecule has 1 fully saturated rings. The third kappa shape index (κ3) is 4.83. The number of carbonyl (C=O) groups is 2. The lowest BCUT2D eigenvalue weighted by molar-refractivity contribution is -0.126. The highest BCUT2D eigenvalue weighted by Crippen LogP contribution is 2.35. The Hall–Kier alpha value is -2.83. The molecule has 1 aliphatic rings. The van der Waals surface area contributed by atoms with E-state index in [2.05, 4.69) is 15.5 Å². The van der Waals surface area contributed by atoms with E-state index < -0.39 is 0 Å². The molecule has 0 saturated carbocycles. The van der Waals surface area contributed by atoms with Crippen molar-refractivity contribution < 1.29 is 9.59 Å². The Balaban J connectivity index is 1.90. The third-order valence-corrected chi connectivity index (χ3v) is 5.41. The second-order valence-corrected chi connectivity index (χ2v) is 8.60. The van der Waals surface area contributed by atoms with Crippen LogP contribution in [-0.2, 0) is 9.59 Å². The molecular formula is C23H33N5O2. The van der Waals surface area contributed by atoms with E-state index in [1.54, 1.807) is 0 Å². The van der Waals surface area contributed by atoms with Gasteiger partial charge in [0.05, 0.1) is 11.4 Å². The van der Waals surface area contributed by atoms with Gasteiger partial charge in [-0.1, -0.05) is 32.0 Å². The van der Waals surface area contributed by atoms with Gasteiger partial charge < -0.3 is 15.5 Å². The van der Waals surface area contributed by atoms with Crippen LogP contribution in [0.2, 0.25) is 0 Å². The summed E-state index contributed by atoms with van der Waals surface area (Å²) in [5, 5.41) is 10.9. The van der Waals surface area contributed by atoms with Crippen molar-refractivity contribution in [3.8, 4) is 5.69 Å². The number of anilines is 2. The predicted molar refractivity (Wildman–Crippen MR) is 120 cm³/mol. The van der Waals surface area contributed by atoms with Crippen molar-refractivity contribution in [1.29, 1.82) is 0 Å². The summed E-state index contributed by atoms with van der Waals surface area (Å²) in [5.74, 6) is 0.883. The maximum Gasteiger partial charge on any atom is 0.227 e. The summed E-state index contributed by atoms with van der Waals surface area (Å²) >= 11 is 0. The topological polar surface area (TPSA) is 79.3 Å². The van der Waals surface area contributed by atoms with Crippen molar-refractivity contribution in [3.63, 3.8) is 0 Å². The molecule has 7 heteroatoms. The van der Waals surface area contributed by atoms with Gasteiger partial charge in [0.25, 0.3) is 0 Å². The summed E-state index contributed by atoms with van der Waals surface area (Å²) in [7, 11) is 0. The van der Waals surface area contributed by atoms with Gasteiger partial charge in [-0.2, -0.15) is 5.10 Å². The molecule has 2 amide bonds. The van der Waals surface area contributed by atoms with E-state index >= 15 is 0 Å². The zero-order valence-electron chi connectivity index (χ0n) is 18.6. The first kappa shape index (κ1) is 21.9. The normalized spacial score (nSPS) is 15.0. The number of amides is 2. The molecular weight excluding hydrogens is 378 g/mol. The molecule has 2 aromatic rings. The lowest BCUT2D eigenvalue weighted by Crippen LogP contribution is -2.43. The molecule has 1 saturated heterocycles. The number of hydrogen-bond acceptors (Lipinski definition) is 4. The van der Waals surface area contributed by atoms with Gasteiger partial charge in [-0.25, -0.2) is 4.68 Å². The maximum absolute atomic E-state index is 12.5. The molecule has 2 heterocycles. The standard InChI is InChI=1S/C23H33N5O2/c1-15(2)21(29)25-20-17(5)26-28(19-9-7-6-8-10-19)23(20)27-13-11-18(12-14-27)22(30)24-16(3)4/h6-10,15-16,18H,11-14H2,1-5H3,(H,24,30)(H,25,29). The Kier molecular flexibility index (Phi) is 6.80. The summed E-state index contributed by atoms with van der Waals surface area (Å²) in [6.45, 7) is 11.1. The van der Waals surface area contributed by atoms with Crippen molar-refractivity contribution in [3.05, 3.63) is 36.0 Å². The zero-order chi connectivity index (χ0) is 21.8. The van der Waals surface area contributed by atoms with E-state index in [1.165, 1.54) is 0 Å². The van der Waals surface area contributed by atoms with E-state index in [4.69, 9.17) is 5.10 Å². The van der Waals surface area contributed by atoms with Crippen molar-refractivity contribution in [1.82, 2.24) is 15.1 Å². The molecule has 0 aliphatic carbocycles. The number of rotatable bonds is 6. The highest BCUT2D eigenvalue weighted by atomic mass is 16.2. The molecule has 1 aromatic carbocycles. The first-order chi connectivity index (χ1) is 14.3. The van der Waals surface area contributed by atoms with E-state index in [0.717, 1.165) is 48.8 Å². The van der Waals surface area contributed by atoms with Crippen LogP contribution in [0.1, 0.15) is 46.2 Å². The SMILES string of the molecule is Cc1nn(-c2ccccc2)c(N2CCC(C(=O)NC(C)C)CC2)c1NC(=O)C(C)C. The second-order valence-electron chi connectivity index (χ2n) is 8.60. The van der Waals surface area contributed by atoms with Crippen LogP contribution in [0.3, 0.4) is 0 Å². The van der Waals surface area contributed by atoms with Crippen molar-refractivity contribution in [2.45, 2.75) is 53.5 Å². The fourth-order valence-corrected chi connectivity index (χ4v) is 3.73. The minimum Gasteiger partial charge on any atom is -0.355 e. The lowest BCUT2D eigenvalue weighted by Gasteiger charge is -2.34. The van der Waals surface area contributed by atoms with Gasteiger partial charge in [0, 0.05) is 31.0 Å². The Morgan fingerprint density at radius 3 is 2.27 bits per heavy atom. The minimum absolute atomic E-state index is 0.0200. The quantitative estimate of drug-likeness (QED) is 0.762. The monoisotopic (exact) mass is 411 g/mol. The predicted octanol–water partition coefficient (Wildman–Crippen LogP) is 3.52. The molecule has 3 rings (SSSR count). The number of para-hydroxylation sites is 1. The van der Waals surface area contributed by atoms with E-state index in [0.29, 0.717) is 0 Å². The highest BCUT2D eigenvalue weighted by Gasteiger charge is 2.30. The van der Waals surface area contributed by atoms with Crippen LogP contribution < -0.4 is 15.5 Å². The van der Waals surface area contributed by atoms with Gasteiger partial charge in [0.15, 0.2) is 5.82 Å². The van der Waals surface area contributed by atoms with Crippen LogP contribution in [0.15, 0.2) is 30.3 Å². The molecule has 0 atom stereocenters. The van der Waals surface area contributed by atoms with Gasteiger partial charge in [0.2, 0.25) is 11.8 Å². The summed E-state index contributed by atoms with van der Waals surface area (Å²) in [6, 6.07) is 10.1. The average Bonchev–Trinajstić information content (AvgIpc) is 3.04. The van der Waals surface area contributed by atoms with Crippen LogP contribution in [0.25, 0.3) is 5.69 Å². The summed E-state index contributed by atoms with van der Waals surface area (Å²) in [4.78, 5) is 27.1. The number of nitrogens with one attached hydrogen (secondary N) is 2. The molecule has 0 radical (unpaired) electrons. The van der Waals surface area contributed by atoms with Gasteiger partial charge in [-0.3, -0.25) is 9.59 Å². The molecule has 1 aromatic heterocycles. The molecule has 30 heavy (non-hydrogen) atoms. The number of piperidine rings is 1. The molecule has 162 valence electrons. The van der Waals surface area contributed by atoms with Crippen molar-refractivity contribution in [2.75, 3.05) is 23.3 Å². The lowest BCUT2D eigenvalue weighted by atomic mass is 9.95. The largest absolute Gasteiger partial charge is 0.355 e. The third-order valence-electron chi connectivity index (χ3n) is 5.41. The fraction of sp³-hybridized carbons (Fsp3) is 0.522. The molecule has 2 N–H and O–H groups in total. The smallest absolute Gasteiger partial charge is 0.227 e. The van der Waals surface area contributed by atoms with Crippen molar-refractivity contribution >= 4 is 23.3 Å². The Labute approximate surface area is 178 Å². The Morgan fingerprint density at radius 1 is 1.07 bits per heavy atom. The minimum atomic E-state index is -0.122. The number of carbonyl (C=O) groups excluding carboxylic acids is 2. The molecule has 0 unspecified atom stereocenters. The first-order valence-corrected chi connectivity index (χ1v) is 10.8. The second kappa shape index (κ2) is 9.32. The number of aryl methyl sites for hydroxylation is 1. The summed E-state index contributed by atoms with van der Waals surface area (Å²) < 4.78 is 1.90. The van der Waals surface area contributed by atoms with Crippen LogP contribution >= 0.6 is 0 Å². The van der Waals surface area contributed by atoms with Gasteiger partial charge >= 0.3 is 0 Å². The number of aromatic nitrogens is 2. The molecule has 0 spiro atoms. The van der Waals surface area contributed by atoms with E-state index in [9.17, 15) is 9.59 Å². The van der Waals surface area contributed by atoms with Crippen LogP contribution in [0.5, 0.6) is 0 Å². The number of benzene rings is 1. The molecule has 0 bridgehead atoms. The Bertz CT molecular complexity index is 880. The zero-order valence-corrected chi connectivity index (χ0v) is 18.6. The first-order valence-electron chi connectivity index (χ1n) is 10.8. The van der Waals surface area contributed by atoms with E-state index in [1.807, 2.05) is 69.6 Å². The summed E-state index contributed by atoms with van der Waals surface area (Å²) in [5.41, 5.74) is 2.48. The molecule has 1 aliphatic heterocycles.